The lowest BCUT2D eigenvalue weighted by Gasteiger charge is -2.30. The van der Waals surface area contributed by atoms with Gasteiger partial charge in [-0.2, -0.15) is 0 Å². The van der Waals surface area contributed by atoms with Gasteiger partial charge < -0.3 is 14.8 Å². The molecule has 2 unspecified atom stereocenters. The van der Waals surface area contributed by atoms with E-state index in [0.29, 0.717) is 18.0 Å². The molecule has 1 aliphatic heterocycles. The van der Waals surface area contributed by atoms with E-state index in [1.165, 1.54) is 0 Å². The highest BCUT2D eigenvalue weighted by Gasteiger charge is 2.33. The molecule has 22 heavy (non-hydrogen) atoms. The highest BCUT2D eigenvalue weighted by Crippen LogP contribution is 2.33. The third kappa shape index (κ3) is 2.92. The van der Waals surface area contributed by atoms with Crippen LogP contribution >= 0.6 is 11.3 Å². The van der Waals surface area contributed by atoms with Gasteiger partial charge in [0.2, 0.25) is 6.10 Å². The maximum atomic E-state index is 12.4. The minimum atomic E-state index is -0.649. The van der Waals surface area contributed by atoms with Gasteiger partial charge in [-0.05, 0) is 32.9 Å². The lowest BCUT2D eigenvalue weighted by Crippen LogP contribution is -2.48. The molecule has 5 nitrogen and oxygen atoms in total. The molecule has 2 aromatic rings. The zero-order chi connectivity index (χ0) is 15.7. The molecular weight excluding hydrogens is 300 g/mol. The first-order valence-electron chi connectivity index (χ1n) is 7.17. The molecule has 1 aromatic heterocycles. The van der Waals surface area contributed by atoms with Crippen LogP contribution in [0, 0.1) is 13.8 Å². The summed E-state index contributed by atoms with van der Waals surface area (Å²) in [6, 6.07) is 7.38. The van der Waals surface area contributed by atoms with Crippen LogP contribution in [0.2, 0.25) is 0 Å². The number of para-hydroxylation sites is 2. The standard InChI is InChI=1S/C16H18N2O3S/c1-9-14(22-11(3)18-9)8-17-16(19)15-10(2)20-12-6-4-5-7-13(12)21-15/h4-7,10,15H,8H2,1-3H3,(H,17,19). The number of benzene rings is 1. The lowest BCUT2D eigenvalue weighted by atomic mass is 10.1. The Morgan fingerprint density at radius 3 is 2.59 bits per heavy atom. The first-order valence-corrected chi connectivity index (χ1v) is 7.99. The number of thiazole rings is 1. The van der Waals surface area contributed by atoms with E-state index < -0.39 is 6.10 Å². The summed E-state index contributed by atoms with van der Waals surface area (Å²) in [6.07, 6.45) is -0.983. The molecule has 0 aliphatic carbocycles. The van der Waals surface area contributed by atoms with Gasteiger partial charge in [-0.3, -0.25) is 4.79 Å². The minimum absolute atomic E-state index is 0.174. The zero-order valence-electron chi connectivity index (χ0n) is 12.8. The summed E-state index contributed by atoms with van der Waals surface area (Å²) in [4.78, 5) is 17.8. The Labute approximate surface area is 133 Å². The number of hydrogen-bond donors (Lipinski definition) is 1. The second kappa shape index (κ2) is 5.96. The van der Waals surface area contributed by atoms with Crippen molar-refractivity contribution in [1.29, 1.82) is 0 Å². The van der Waals surface area contributed by atoms with Gasteiger partial charge in [-0.25, -0.2) is 4.98 Å². The van der Waals surface area contributed by atoms with E-state index in [0.717, 1.165) is 15.6 Å². The third-order valence-electron chi connectivity index (χ3n) is 3.52. The van der Waals surface area contributed by atoms with Gasteiger partial charge in [0.15, 0.2) is 11.5 Å². The van der Waals surface area contributed by atoms with Crippen molar-refractivity contribution in [1.82, 2.24) is 10.3 Å². The number of hydrogen-bond acceptors (Lipinski definition) is 5. The number of fused-ring (bicyclic) bond motifs is 1. The smallest absolute Gasteiger partial charge is 0.265 e. The number of carbonyl (C=O) groups excluding carboxylic acids is 1. The van der Waals surface area contributed by atoms with E-state index in [1.54, 1.807) is 17.4 Å². The molecule has 0 bridgehead atoms. The van der Waals surface area contributed by atoms with E-state index in [4.69, 9.17) is 9.47 Å². The van der Waals surface area contributed by atoms with Gasteiger partial charge in [0.05, 0.1) is 17.2 Å². The Morgan fingerprint density at radius 2 is 1.95 bits per heavy atom. The van der Waals surface area contributed by atoms with Crippen molar-refractivity contribution in [3.63, 3.8) is 0 Å². The number of rotatable bonds is 3. The topological polar surface area (TPSA) is 60.5 Å². The average molecular weight is 318 g/mol. The highest BCUT2D eigenvalue weighted by atomic mass is 32.1. The summed E-state index contributed by atoms with van der Waals surface area (Å²) in [6.45, 7) is 6.21. The van der Waals surface area contributed by atoms with Gasteiger partial charge in [0, 0.05) is 4.88 Å². The SMILES string of the molecule is Cc1nc(C)c(CNC(=O)C2Oc3ccccc3OC2C)s1. The molecule has 2 heterocycles. The average Bonchev–Trinajstić information content (AvgIpc) is 2.82. The van der Waals surface area contributed by atoms with Crippen molar-refractivity contribution in [2.24, 2.45) is 0 Å². The van der Waals surface area contributed by atoms with Crippen LogP contribution < -0.4 is 14.8 Å². The quantitative estimate of drug-likeness (QED) is 0.945. The Kier molecular flexibility index (Phi) is 4.02. The van der Waals surface area contributed by atoms with Crippen LogP contribution in [0.1, 0.15) is 22.5 Å². The van der Waals surface area contributed by atoms with Crippen molar-refractivity contribution in [3.05, 3.63) is 39.8 Å². The maximum absolute atomic E-state index is 12.4. The normalized spacial score (nSPS) is 19.8. The van der Waals surface area contributed by atoms with Gasteiger partial charge in [-0.15, -0.1) is 11.3 Å². The first-order chi connectivity index (χ1) is 10.5. The Bertz CT molecular complexity index is 698. The van der Waals surface area contributed by atoms with Crippen LogP contribution in [0.3, 0.4) is 0 Å². The zero-order valence-corrected chi connectivity index (χ0v) is 13.6. The lowest BCUT2D eigenvalue weighted by molar-refractivity contribution is -0.133. The van der Waals surface area contributed by atoms with E-state index in [9.17, 15) is 4.79 Å². The molecule has 0 saturated heterocycles. The number of aromatic nitrogens is 1. The fourth-order valence-corrected chi connectivity index (χ4v) is 3.29. The molecule has 0 fully saturated rings. The number of nitrogens with zero attached hydrogens (tertiary/aromatic N) is 1. The maximum Gasteiger partial charge on any atom is 0.265 e. The first kappa shape index (κ1) is 14.8. The van der Waals surface area contributed by atoms with Crippen LogP contribution in [-0.4, -0.2) is 23.1 Å². The van der Waals surface area contributed by atoms with Crippen LogP contribution in [0.4, 0.5) is 0 Å². The molecule has 1 aromatic carbocycles. The molecule has 116 valence electrons. The molecular formula is C16H18N2O3S. The molecule has 6 heteroatoms. The van der Waals surface area contributed by atoms with Crippen LogP contribution in [0.25, 0.3) is 0 Å². The van der Waals surface area contributed by atoms with Crippen molar-refractivity contribution < 1.29 is 14.3 Å². The molecule has 2 atom stereocenters. The molecule has 1 amide bonds. The molecule has 1 aliphatic rings. The van der Waals surface area contributed by atoms with Crippen molar-refractivity contribution in [2.45, 2.75) is 39.5 Å². The van der Waals surface area contributed by atoms with Crippen LogP contribution in [-0.2, 0) is 11.3 Å². The van der Waals surface area contributed by atoms with Crippen molar-refractivity contribution in [2.75, 3.05) is 0 Å². The van der Waals surface area contributed by atoms with Crippen molar-refractivity contribution >= 4 is 17.2 Å². The van der Waals surface area contributed by atoms with E-state index in [1.807, 2.05) is 39.0 Å². The second-order valence-corrected chi connectivity index (χ2v) is 6.56. The van der Waals surface area contributed by atoms with Gasteiger partial charge in [0.25, 0.3) is 5.91 Å². The third-order valence-corrected chi connectivity index (χ3v) is 4.60. The molecule has 3 rings (SSSR count). The summed E-state index contributed by atoms with van der Waals surface area (Å²) < 4.78 is 11.5. The fraction of sp³-hybridized carbons (Fsp3) is 0.375. The molecule has 0 spiro atoms. The fourth-order valence-electron chi connectivity index (χ4n) is 2.41. The number of amides is 1. The number of aryl methyl sites for hydroxylation is 2. The largest absolute Gasteiger partial charge is 0.482 e. The predicted molar refractivity (Wildman–Crippen MR) is 84.4 cm³/mol. The number of carbonyl (C=O) groups is 1. The summed E-state index contributed by atoms with van der Waals surface area (Å²) >= 11 is 1.59. The van der Waals surface area contributed by atoms with Crippen LogP contribution in [0.5, 0.6) is 11.5 Å². The second-order valence-electron chi connectivity index (χ2n) is 5.27. The predicted octanol–water partition coefficient (Wildman–Crippen LogP) is 2.60. The Morgan fingerprint density at radius 1 is 1.27 bits per heavy atom. The summed E-state index contributed by atoms with van der Waals surface area (Å²) in [7, 11) is 0. The Hall–Kier alpha value is -2.08. The molecule has 0 saturated carbocycles. The number of ether oxygens (including phenoxy) is 2. The minimum Gasteiger partial charge on any atom is -0.482 e. The summed E-state index contributed by atoms with van der Waals surface area (Å²) in [5.41, 5.74) is 0.960. The van der Waals surface area contributed by atoms with Crippen LogP contribution in [0.15, 0.2) is 24.3 Å². The van der Waals surface area contributed by atoms with E-state index in [-0.39, 0.29) is 12.0 Å². The van der Waals surface area contributed by atoms with Crippen molar-refractivity contribution in [3.8, 4) is 11.5 Å². The Balaban J connectivity index is 1.66. The number of nitrogens with one attached hydrogen (secondary N) is 1. The van der Waals surface area contributed by atoms with E-state index >= 15 is 0 Å². The van der Waals surface area contributed by atoms with E-state index in [2.05, 4.69) is 10.3 Å². The molecule has 0 radical (unpaired) electrons. The summed E-state index contributed by atoms with van der Waals surface area (Å²) in [5.74, 6) is 1.10. The highest BCUT2D eigenvalue weighted by molar-refractivity contribution is 7.11. The van der Waals surface area contributed by atoms with Gasteiger partial charge in [0.1, 0.15) is 6.10 Å². The van der Waals surface area contributed by atoms with Gasteiger partial charge in [-0.1, -0.05) is 12.1 Å². The monoisotopic (exact) mass is 318 g/mol. The summed E-state index contributed by atoms with van der Waals surface area (Å²) in [5, 5.41) is 3.91. The van der Waals surface area contributed by atoms with Gasteiger partial charge >= 0.3 is 0 Å². The molecule has 1 N–H and O–H groups in total.